The molecule has 0 aromatic carbocycles. The number of hydrogen-bond donors (Lipinski definition) is 0. The van der Waals surface area contributed by atoms with Crippen molar-refractivity contribution in [3.8, 4) is 0 Å². The molecule has 3 heteroatoms. The summed E-state index contributed by atoms with van der Waals surface area (Å²) in [5, 5.41) is 0. The molecular weight excluding hydrogens is 378 g/mol. The summed E-state index contributed by atoms with van der Waals surface area (Å²) in [7, 11) is 0. The van der Waals surface area contributed by atoms with Gasteiger partial charge in [0.05, 0.1) is 0 Å². The molecule has 1 atom stereocenters. The molecule has 0 spiro atoms. The summed E-state index contributed by atoms with van der Waals surface area (Å²) >= 11 is 1.69. The van der Waals surface area contributed by atoms with Crippen LogP contribution in [0, 0.1) is 12.0 Å². The molecule has 0 amide bonds. The van der Waals surface area contributed by atoms with Crippen molar-refractivity contribution in [1.82, 2.24) is 0 Å². The van der Waals surface area contributed by atoms with Crippen molar-refractivity contribution in [2.75, 3.05) is 0 Å². The molecule has 116 valence electrons. The van der Waals surface area contributed by atoms with Crippen molar-refractivity contribution >= 4 is 28.0 Å². The number of hydrogen-bond acceptors (Lipinski definition) is 0. The summed E-state index contributed by atoms with van der Waals surface area (Å²) in [6.45, 7) is 2.26. The van der Waals surface area contributed by atoms with Crippen molar-refractivity contribution in [2.24, 2.45) is 5.92 Å². The molecule has 0 aromatic heterocycles. The normalized spacial score (nSPS) is 20.5. The summed E-state index contributed by atoms with van der Waals surface area (Å²) in [4.78, 5) is 0. The van der Waals surface area contributed by atoms with Crippen LogP contribution in [0.15, 0.2) is 41.5 Å². The molecule has 0 radical (unpaired) electrons. The average molecular weight is 404 g/mol. The molecule has 3 rings (SSSR count). The molecule has 0 heterocycles. The third kappa shape index (κ3) is 7.40. The van der Waals surface area contributed by atoms with Gasteiger partial charge in [-0.3, -0.25) is 6.08 Å². The maximum atomic E-state index is 3.37. The minimum atomic E-state index is 0. The summed E-state index contributed by atoms with van der Waals surface area (Å²) in [6.07, 6.45) is 23.8. The van der Waals surface area contributed by atoms with Crippen LogP contribution < -0.4 is 0 Å². The van der Waals surface area contributed by atoms with Gasteiger partial charge in [0, 0.05) is 0 Å². The Bertz CT molecular complexity index is 436. The average Bonchev–Trinajstić information content (AvgIpc) is 3.13. The van der Waals surface area contributed by atoms with Gasteiger partial charge in [0.25, 0.3) is 0 Å². The van der Waals surface area contributed by atoms with E-state index in [4.69, 9.17) is 0 Å². The Hall–Kier alpha value is 0.293. The molecule has 1 unspecified atom stereocenters. The third-order valence-electron chi connectivity index (χ3n) is 4.00. The zero-order valence-electron chi connectivity index (χ0n) is 12.7. The van der Waals surface area contributed by atoms with E-state index in [0.29, 0.717) is 5.92 Å². The van der Waals surface area contributed by atoms with Crippen LogP contribution in [-0.2, 0) is 24.2 Å². The molecule has 1 fully saturated rings. The number of allylic oxidation sites excluding steroid dienone is 8. The van der Waals surface area contributed by atoms with E-state index in [0.717, 1.165) is 12.8 Å². The molecule has 0 saturated heterocycles. The van der Waals surface area contributed by atoms with Crippen molar-refractivity contribution in [1.29, 1.82) is 0 Å². The van der Waals surface area contributed by atoms with E-state index in [9.17, 15) is 0 Å². The first kappa shape index (κ1) is 21.3. The zero-order valence-corrected chi connectivity index (χ0v) is 16.8. The molecular formula is C18H25Cl2Zr-. The fourth-order valence-corrected chi connectivity index (χ4v) is 3.55. The maximum absolute atomic E-state index is 3.37. The second-order valence-corrected chi connectivity index (χ2v) is 7.24. The Balaban J connectivity index is 0.000000389. The Morgan fingerprint density at radius 1 is 1.10 bits per heavy atom. The van der Waals surface area contributed by atoms with Gasteiger partial charge in [0.2, 0.25) is 0 Å². The van der Waals surface area contributed by atoms with Crippen LogP contribution in [0.5, 0.6) is 0 Å². The number of halogens is 2. The monoisotopic (exact) mass is 401 g/mol. The molecule has 0 aliphatic heterocycles. The summed E-state index contributed by atoms with van der Waals surface area (Å²) in [5.41, 5.74) is 2.88. The van der Waals surface area contributed by atoms with Crippen molar-refractivity contribution in [3.63, 3.8) is 0 Å². The van der Waals surface area contributed by atoms with Crippen LogP contribution in [0.2, 0.25) is 0 Å². The van der Waals surface area contributed by atoms with E-state index >= 15 is 0 Å². The molecule has 0 N–H and O–H groups in total. The molecule has 0 bridgehead atoms. The van der Waals surface area contributed by atoms with Gasteiger partial charge in [-0.2, -0.15) is 6.08 Å². The zero-order chi connectivity index (χ0) is 13.5. The van der Waals surface area contributed by atoms with Gasteiger partial charge >= 0.3 is 59.5 Å². The van der Waals surface area contributed by atoms with Crippen molar-refractivity contribution in [2.45, 2.75) is 51.9 Å². The predicted molar refractivity (Wildman–Crippen MR) is 94.1 cm³/mol. The summed E-state index contributed by atoms with van der Waals surface area (Å²) in [6, 6.07) is 0. The van der Waals surface area contributed by atoms with Crippen LogP contribution in [0.4, 0.5) is 0 Å². The van der Waals surface area contributed by atoms with Crippen LogP contribution in [0.1, 0.15) is 51.9 Å². The van der Waals surface area contributed by atoms with E-state index in [1.165, 1.54) is 43.3 Å². The van der Waals surface area contributed by atoms with E-state index < -0.39 is 0 Å². The Morgan fingerprint density at radius 2 is 1.81 bits per heavy atom. The van der Waals surface area contributed by atoms with Crippen LogP contribution in [-0.4, -0.2) is 3.21 Å². The Morgan fingerprint density at radius 3 is 2.24 bits per heavy atom. The van der Waals surface area contributed by atoms with Gasteiger partial charge in [-0.05, 0) is 12.3 Å². The molecule has 0 nitrogen and oxygen atoms in total. The van der Waals surface area contributed by atoms with E-state index in [1.54, 1.807) is 27.4 Å². The summed E-state index contributed by atoms with van der Waals surface area (Å²) in [5.74, 6) is 0.568. The first-order valence-electron chi connectivity index (χ1n) is 7.46. The molecule has 0 aromatic rings. The predicted octanol–water partition coefficient (Wildman–Crippen LogP) is 5.71. The molecule has 1 saturated carbocycles. The standard InChI is InChI=1S/C12H13.C6H10.2ClH.Zr/c1-10(11-6-2-3-7-11)12-8-4-5-9-12;1-2-4-6-5-3-1;;;/h2-4,6,8,10H,5,7H2,1H3;1-5H2;2*1H;/q-1;;;;. The SMILES string of the molecule is CC(C1=[C-]CC=C1)C1=CC=CC1.Cl.Cl.[Zr]=[C]1CCCCC1. The fraction of sp³-hybridized carbons (Fsp3) is 0.500. The number of rotatable bonds is 2. The topological polar surface area (TPSA) is 0 Å². The first-order valence-corrected chi connectivity index (χ1v) is 8.69. The third-order valence-corrected chi connectivity index (χ3v) is 5.23. The van der Waals surface area contributed by atoms with E-state index in [2.05, 4.69) is 43.4 Å². The minimum absolute atomic E-state index is 0. The second kappa shape index (κ2) is 11.8. The van der Waals surface area contributed by atoms with Crippen LogP contribution in [0.25, 0.3) is 0 Å². The molecule has 3 aliphatic carbocycles. The summed E-state index contributed by atoms with van der Waals surface area (Å²) < 4.78 is 1.80. The van der Waals surface area contributed by atoms with Gasteiger partial charge in [0.1, 0.15) is 0 Å². The van der Waals surface area contributed by atoms with Gasteiger partial charge in [-0.15, -0.1) is 31.2 Å². The van der Waals surface area contributed by atoms with Gasteiger partial charge in [-0.1, -0.05) is 30.7 Å². The molecule has 21 heavy (non-hydrogen) atoms. The van der Waals surface area contributed by atoms with Gasteiger partial charge < -0.3 is 0 Å². The first-order chi connectivity index (χ1) is 9.27. The van der Waals surface area contributed by atoms with Crippen molar-refractivity contribution < 1.29 is 24.2 Å². The fourth-order valence-electron chi connectivity index (χ4n) is 2.68. The van der Waals surface area contributed by atoms with Crippen molar-refractivity contribution in [3.05, 3.63) is 47.6 Å². The quantitative estimate of drug-likeness (QED) is 0.518. The van der Waals surface area contributed by atoms with Gasteiger partial charge in [-0.25, -0.2) is 11.6 Å². The molecule has 3 aliphatic rings. The van der Waals surface area contributed by atoms with Crippen LogP contribution in [0.3, 0.4) is 0 Å². The van der Waals surface area contributed by atoms with E-state index in [1.807, 2.05) is 0 Å². The Kier molecular flexibility index (Phi) is 12.0. The second-order valence-electron chi connectivity index (χ2n) is 5.50. The Labute approximate surface area is 157 Å². The van der Waals surface area contributed by atoms with E-state index in [-0.39, 0.29) is 24.8 Å². The van der Waals surface area contributed by atoms with Crippen LogP contribution >= 0.6 is 24.8 Å². The van der Waals surface area contributed by atoms with Gasteiger partial charge in [0.15, 0.2) is 0 Å².